The highest BCUT2D eigenvalue weighted by molar-refractivity contribution is 9.10. The highest BCUT2D eigenvalue weighted by Crippen LogP contribution is 2.35. The summed E-state index contributed by atoms with van der Waals surface area (Å²) in [6.07, 6.45) is 1.78. The van der Waals surface area contributed by atoms with E-state index in [1.165, 1.54) is 11.3 Å². The molecule has 0 saturated carbocycles. The van der Waals surface area contributed by atoms with Gasteiger partial charge in [0.2, 0.25) is 0 Å². The summed E-state index contributed by atoms with van der Waals surface area (Å²) in [6, 6.07) is 12.2. The predicted octanol–water partition coefficient (Wildman–Crippen LogP) is 3.58. The van der Waals surface area contributed by atoms with Gasteiger partial charge in [0.05, 0.1) is 47.1 Å². The Morgan fingerprint density at radius 1 is 1.18 bits per heavy atom. The van der Waals surface area contributed by atoms with E-state index in [-0.39, 0.29) is 12.2 Å². The number of para-hydroxylation sites is 1. The fourth-order valence-corrected chi connectivity index (χ4v) is 5.48. The number of esters is 1. The number of rotatable bonds is 6. The van der Waals surface area contributed by atoms with E-state index >= 15 is 0 Å². The van der Waals surface area contributed by atoms with Crippen molar-refractivity contribution in [3.05, 3.63) is 89.0 Å². The van der Waals surface area contributed by atoms with Gasteiger partial charge in [0.25, 0.3) is 5.56 Å². The first-order valence-corrected chi connectivity index (χ1v) is 12.2. The number of aromatic nitrogens is 1. The summed E-state index contributed by atoms with van der Waals surface area (Å²) in [5.41, 5.74) is 2.10. The van der Waals surface area contributed by atoms with Crippen LogP contribution in [0, 0.1) is 0 Å². The van der Waals surface area contributed by atoms with Gasteiger partial charge in [-0.2, -0.15) is 0 Å². The molecule has 0 unspecified atom stereocenters. The van der Waals surface area contributed by atoms with E-state index in [9.17, 15) is 9.59 Å². The largest absolute Gasteiger partial charge is 0.496 e. The van der Waals surface area contributed by atoms with Crippen molar-refractivity contribution in [3.63, 3.8) is 0 Å². The van der Waals surface area contributed by atoms with E-state index in [0.717, 1.165) is 11.1 Å². The molecule has 0 saturated heterocycles. The van der Waals surface area contributed by atoms with Crippen LogP contribution in [0.4, 0.5) is 0 Å². The summed E-state index contributed by atoms with van der Waals surface area (Å²) in [5, 5.41) is 0. The van der Waals surface area contributed by atoms with E-state index in [1.807, 2.05) is 36.4 Å². The Labute approximate surface area is 208 Å². The minimum absolute atomic E-state index is 0.215. The predicted molar refractivity (Wildman–Crippen MR) is 134 cm³/mol. The van der Waals surface area contributed by atoms with Gasteiger partial charge >= 0.3 is 5.97 Å². The molecule has 0 bridgehead atoms. The van der Waals surface area contributed by atoms with Gasteiger partial charge in [0.1, 0.15) is 11.5 Å². The second kappa shape index (κ2) is 9.99. The normalized spacial score (nSPS) is 15.6. The van der Waals surface area contributed by atoms with Crippen LogP contribution in [0.15, 0.2) is 68.0 Å². The molecule has 2 aromatic carbocycles. The molecule has 0 aliphatic carbocycles. The van der Waals surface area contributed by atoms with Crippen LogP contribution in [0.2, 0.25) is 0 Å². The van der Waals surface area contributed by atoms with Crippen molar-refractivity contribution in [1.82, 2.24) is 4.57 Å². The van der Waals surface area contributed by atoms with Crippen molar-refractivity contribution in [3.8, 4) is 11.5 Å². The second-order valence-electron chi connectivity index (χ2n) is 7.44. The summed E-state index contributed by atoms with van der Waals surface area (Å²) in [6.45, 7) is 3.72. The Morgan fingerprint density at radius 2 is 1.91 bits per heavy atom. The summed E-state index contributed by atoms with van der Waals surface area (Å²) < 4.78 is 18.9. The first-order valence-electron chi connectivity index (χ1n) is 10.6. The Balaban J connectivity index is 1.98. The number of thiazole rings is 1. The van der Waals surface area contributed by atoms with Crippen LogP contribution in [-0.4, -0.2) is 31.4 Å². The number of methoxy groups -OCH3 is 2. The number of allylic oxidation sites excluding steroid dienone is 1. The Hall–Kier alpha value is -3.17. The zero-order valence-electron chi connectivity index (χ0n) is 19.1. The lowest BCUT2D eigenvalue weighted by Crippen LogP contribution is -2.40. The quantitative estimate of drug-likeness (QED) is 0.445. The van der Waals surface area contributed by atoms with Crippen molar-refractivity contribution in [2.24, 2.45) is 4.99 Å². The van der Waals surface area contributed by atoms with Crippen molar-refractivity contribution in [2.45, 2.75) is 19.9 Å². The lowest BCUT2D eigenvalue weighted by Gasteiger charge is -2.25. The molecular weight excluding hydrogens is 520 g/mol. The average Bonchev–Trinajstić information content (AvgIpc) is 3.13. The van der Waals surface area contributed by atoms with Gasteiger partial charge in [-0.25, -0.2) is 9.79 Å². The van der Waals surface area contributed by atoms with Crippen molar-refractivity contribution in [1.29, 1.82) is 0 Å². The molecule has 3 aromatic rings. The SMILES string of the molecule is CCOC(=O)C1=C(C)N=c2s/c(=C/c3ccccc3OC)c(=O)n2[C@H]1c1ccc(OC)c(Br)c1. The maximum absolute atomic E-state index is 13.7. The molecule has 1 aromatic heterocycles. The number of hydrogen-bond donors (Lipinski definition) is 0. The molecule has 0 radical (unpaired) electrons. The van der Waals surface area contributed by atoms with Gasteiger partial charge in [-0.3, -0.25) is 9.36 Å². The molecule has 34 heavy (non-hydrogen) atoms. The van der Waals surface area contributed by atoms with E-state index in [2.05, 4.69) is 20.9 Å². The standard InChI is InChI=1S/C25H23BrN2O5S/c1-5-33-24(30)21-14(2)27-25-28(22(21)16-10-11-19(32-4)17(26)12-16)23(29)20(34-25)13-15-8-6-7-9-18(15)31-3/h6-13,22H,5H2,1-4H3/b20-13+/t22-/m0/s1. The minimum atomic E-state index is -0.697. The second-order valence-corrected chi connectivity index (χ2v) is 9.30. The third-order valence-electron chi connectivity index (χ3n) is 5.43. The van der Waals surface area contributed by atoms with Crippen molar-refractivity contribution < 1.29 is 19.0 Å². The van der Waals surface area contributed by atoms with E-state index in [0.29, 0.717) is 36.6 Å². The summed E-state index contributed by atoms with van der Waals surface area (Å²) in [7, 11) is 3.17. The smallest absolute Gasteiger partial charge is 0.338 e. The molecule has 0 amide bonds. The number of fused-ring (bicyclic) bond motifs is 1. The Morgan fingerprint density at radius 3 is 2.59 bits per heavy atom. The third kappa shape index (κ3) is 4.33. The first-order chi connectivity index (χ1) is 16.4. The molecule has 1 atom stereocenters. The lowest BCUT2D eigenvalue weighted by atomic mass is 9.96. The monoisotopic (exact) mass is 542 g/mol. The van der Waals surface area contributed by atoms with Gasteiger partial charge in [0.15, 0.2) is 4.80 Å². The fourth-order valence-electron chi connectivity index (χ4n) is 3.89. The average molecular weight is 543 g/mol. The van der Waals surface area contributed by atoms with Gasteiger partial charge < -0.3 is 14.2 Å². The maximum Gasteiger partial charge on any atom is 0.338 e. The number of halogens is 1. The topological polar surface area (TPSA) is 79.1 Å². The van der Waals surface area contributed by atoms with E-state index in [4.69, 9.17) is 14.2 Å². The Kier molecular flexibility index (Phi) is 7.04. The van der Waals surface area contributed by atoms with E-state index < -0.39 is 12.0 Å². The third-order valence-corrected chi connectivity index (χ3v) is 7.04. The molecule has 1 aliphatic heterocycles. The van der Waals surface area contributed by atoms with Crippen LogP contribution in [0.5, 0.6) is 11.5 Å². The summed E-state index contributed by atoms with van der Waals surface area (Å²) in [5.74, 6) is 0.803. The number of benzene rings is 2. The highest BCUT2D eigenvalue weighted by Gasteiger charge is 2.33. The van der Waals surface area contributed by atoms with Crippen LogP contribution < -0.4 is 24.4 Å². The zero-order chi connectivity index (χ0) is 24.4. The summed E-state index contributed by atoms with van der Waals surface area (Å²) in [4.78, 5) is 31.8. The number of ether oxygens (including phenoxy) is 3. The number of nitrogens with zero attached hydrogens (tertiary/aromatic N) is 2. The molecule has 1 aliphatic rings. The first kappa shape index (κ1) is 24.0. The van der Waals surface area contributed by atoms with Gasteiger partial charge in [-0.15, -0.1) is 0 Å². The molecule has 2 heterocycles. The lowest BCUT2D eigenvalue weighted by molar-refractivity contribution is -0.139. The number of carbonyl (C=O) groups is 1. The number of hydrogen-bond acceptors (Lipinski definition) is 7. The van der Waals surface area contributed by atoms with Gasteiger partial charge in [0, 0.05) is 5.56 Å². The van der Waals surface area contributed by atoms with Crippen LogP contribution in [0.25, 0.3) is 6.08 Å². The maximum atomic E-state index is 13.7. The number of carbonyl (C=O) groups excluding carboxylic acids is 1. The van der Waals surface area contributed by atoms with Gasteiger partial charge in [-0.05, 0) is 59.6 Å². The van der Waals surface area contributed by atoms with Crippen molar-refractivity contribution in [2.75, 3.05) is 20.8 Å². The van der Waals surface area contributed by atoms with Crippen LogP contribution in [0.1, 0.15) is 31.0 Å². The van der Waals surface area contributed by atoms with Crippen LogP contribution >= 0.6 is 27.3 Å². The molecular formula is C25H23BrN2O5S. The van der Waals surface area contributed by atoms with Crippen molar-refractivity contribution >= 4 is 39.3 Å². The van der Waals surface area contributed by atoms with Gasteiger partial charge in [-0.1, -0.05) is 35.6 Å². The summed E-state index contributed by atoms with van der Waals surface area (Å²) >= 11 is 4.78. The minimum Gasteiger partial charge on any atom is -0.496 e. The molecule has 7 nitrogen and oxygen atoms in total. The molecule has 176 valence electrons. The van der Waals surface area contributed by atoms with Crippen LogP contribution in [-0.2, 0) is 9.53 Å². The molecule has 0 N–H and O–H groups in total. The van der Waals surface area contributed by atoms with Crippen LogP contribution in [0.3, 0.4) is 0 Å². The molecule has 4 rings (SSSR count). The molecule has 0 spiro atoms. The highest BCUT2D eigenvalue weighted by atomic mass is 79.9. The Bertz CT molecular complexity index is 1470. The van der Waals surface area contributed by atoms with E-state index in [1.54, 1.807) is 44.8 Å². The zero-order valence-corrected chi connectivity index (χ0v) is 21.5. The molecule has 9 heteroatoms. The molecule has 0 fully saturated rings. The fraction of sp³-hybridized carbons (Fsp3) is 0.240.